The molecule has 98 valence electrons. The summed E-state index contributed by atoms with van der Waals surface area (Å²) in [5.74, 6) is 0.416. The number of hydrogen-bond acceptors (Lipinski definition) is 4. The Morgan fingerprint density at radius 2 is 1.83 bits per heavy atom. The lowest BCUT2D eigenvalue weighted by atomic mass is 9.99. The van der Waals surface area contributed by atoms with E-state index < -0.39 is 11.2 Å². The summed E-state index contributed by atoms with van der Waals surface area (Å²) in [6.07, 6.45) is 0. The van der Waals surface area contributed by atoms with Crippen LogP contribution in [-0.4, -0.2) is 25.3 Å². The Kier molecular flexibility index (Phi) is 3.07. The summed E-state index contributed by atoms with van der Waals surface area (Å²) in [7, 11) is 1.60. The lowest BCUT2D eigenvalue weighted by molar-refractivity contribution is -0.161. The quantitative estimate of drug-likeness (QED) is 0.610. The molecular formula is C14H18O4. The van der Waals surface area contributed by atoms with Gasteiger partial charge in [0.2, 0.25) is 5.60 Å². The van der Waals surface area contributed by atoms with Crippen LogP contribution in [0.2, 0.25) is 0 Å². The molecule has 0 saturated carbocycles. The Morgan fingerprint density at radius 1 is 1.28 bits per heavy atom. The highest BCUT2D eigenvalue weighted by atomic mass is 16.6. The van der Waals surface area contributed by atoms with Gasteiger partial charge < -0.3 is 14.2 Å². The maximum atomic E-state index is 12.1. The third-order valence-corrected chi connectivity index (χ3v) is 2.72. The van der Waals surface area contributed by atoms with Gasteiger partial charge in [-0.25, -0.2) is 4.79 Å². The molecule has 1 aliphatic rings. The first kappa shape index (κ1) is 12.9. The first-order valence-electron chi connectivity index (χ1n) is 5.89. The molecule has 4 heteroatoms. The molecule has 0 amide bonds. The highest BCUT2D eigenvalue weighted by molar-refractivity contribution is 5.84. The molecule has 1 atom stereocenters. The number of esters is 1. The molecule has 1 unspecified atom stereocenters. The monoisotopic (exact) mass is 250 g/mol. The van der Waals surface area contributed by atoms with Gasteiger partial charge >= 0.3 is 5.97 Å². The van der Waals surface area contributed by atoms with Gasteiger partial charge in [-0.05, 0) is 38.5 Å². The number of hydrogen-bond donors (Lipinski definition) is 0. The van der Waals surface area contributed by atoms with Crippen molar-refractivity contribution in [1.29, 1.82) is 0 Å². The summed E-state index contributed by atoms with van der Waals surface area (Å²) >= 11 is 0. The van der Waals surface area contributed by atoms with E-state index in [2.05, 4.69) is 0 Å². The maximum Gasteiger partial charge on any atom is 0.346 e. The second-order valence-corrected chi connectivity index (χ2v) is 5.35. The molecule has 1 saturated heterocycles. The molecule has 1 fully saturated rings. The first-order chi connectivity index (χ1) is 8.37. The molecule has 0 bridgehead atoms. The van der Waals surface area contributed by atoms with E-state index in [0.29, 0.717) is 6.61 Å². The van der Waals surface area contributed by atoms with Crippen molar-refractivity contribution in [3.05, 3.63) is 29.8 Å². The van der Waals surface area contributed by atoms with Gasteiger partial charge in [-0.15, -0.1) is 0 Å². The number of rotatable bonds is 3. The molecule has 1 heterocycles. The van der Waals surface area contributed by atoms with Gasteiger partial charge in [0.15, 0.2) is 0 Å². The van der Waals surface area contributed by atoms with E-state index >= 15 is 0 Å². The number of methoxy groups -OCH3 is 1. The minimum atomic E-state index is -0.917. The zero-order chi connectivity index (χ0) is 13.4. The predicted molar refractivity (Wildman–Crippen MR) is 66.5 cm³/mol. The highest BCUT2D eigenvalue weighted by Crippen LogP contribution is 2.41. The Balaban J connectivity index is 2.18. The summed E-state index contributed by atoms with van der Waals surface area (Å²) in [4.78, 5) is 12.1. The van der Waals surface area contributed by atoms with Crippen LogP contribution in [-0.2, 0) is 19.9 Å². The van der Waals surface area contributed by atoms with E-state index in [-0.39, 0.29) is 5.97 Å². The molecule has 1 aromatic carbocycles. The summed E-state index contributed by atoms with van der Waals surface area (Å²) in [6.45, 7) is 5.90. The van der Waals surface area contributed by atoms with Crippen molar-refractivity contribution in [2.24, 2.45) is 0 Å². The molecule has 1 aromatic rings. The van der Waals surface area contributed by atoms with Gasteiger partial charge in [0.05, 0.1) is 13.7 Å². The molecular weight excluding hydrogens is 232 g/mol. The fraction of sp³-hybridized carbons (Fsp3) is 0.500. The molecule has 0 aliphatic carbocycles. The van der Waals surface area contributed by atoms with Crippen LogP contribution >= 0.6 is 0 Å². The van der Waals surface area contributed by atoms with E-state index in [1.807, 2.05) is 45.0 Å². The van der Waals surface area contributed by atoms with Crippen molar-refractivity contribution < 1.29 is 19.0 Å². The lowest BCUT2D eigenvalue weighted by Gasteiger charge is -2.22. The van der Waals surface area contributed by atoms with Gasteiger partial charge in [0, 0.05) is 0 Å². The highest BCUT2D eigenvalue weighted by Gasteiger charge is 2.56. The SMILES string of the molecule is COc1ccc(C2(C(=O)OC(C)(C)C)CO2)cc1. The molecule has 0 spiro atoms. The molecule has 1 aliphatic heterocycles. The number of carbonyl (C=O) groups is 1. The number of benzene rings is 1. The van der Waals surface area contributed by atoms with Crippen LogP contribution < -0.4 is 4.74 Å². The average molecular weight is 250 g/mol. The van der Waals surface area contributed by atoms with Gasteiger partial charge in [0.1, 0.15) is 11.4 Å². The van der Waals surface area contributed by atoms with Crippen LogP contribution in [0.25, 0.3) is 0 Å². The van der Waals surface area contributed by atoms with Gasteiger partial charge in [-0.3, -0.25) is 0 Å². The van der Waals surface area contributed by atoms with Crippen LogP contribution in [0.5, 0.6) is 5.75 Å². The summed E-state index contributed by atoms with van der Waals surface area (Å²) < 4.78 is 15.8. The van der Waals surface area contributed by atoms with Crippen molar-refractivity contribution in [2.75, 3.05) is 13.7 Å². The standard InChI is InChI=1S/C14H18O4/c1-13(2,3)18-12(15)14(9-17-14)10-5-7-11(16-4)8-6-10/h5-8H,9H2,1-4H3. The Morgan fingerprint density at radius 3 is 2.22 bits per heavy atom. The molecule has 2 rings (SSSR count). The first-order valence-corrected chi connectivity index (χ1v) is 5.89. The van der Waals surface area contributed by atoms with Gasteiger partial charge in [0.25, 0.3) is 0 Å². The average Bonchev–Trinajstić information content (AvgIpc) is 3.08. The zero-order valence-corrected chi connectivity index (χ0v) is 11.1. The van der Waals surface area contributed by atoms with Crippen LogP contribution in [0.4, 0.5) is 0 Å². The molecule has 0 aromatic heterocycles. The van der Waals surface area contributed by atoms with Gasteiger partial charge in [-0.1, -0.05) is 12.1 Å². The second-order valence-electron chi connectivity index (χ2n) is 5.35. The lowest BCUT2D eigenvalue weighted by Crippen LogP contribution is -2.32. The van der Waals surface area contributed by atoms with Crippen molar-refractivity contribution in [3.8, 4) is 5.75 Å². The van der Waals surface area contributed by atoms with Crippen LogP contribution in [0.15, 0.2) is 24.3 Å². The smallest absolute Gasteiger partial charge is 0.346 e. The third-order valence-electron chi connectivity index (χ3n) is 2.72. The van der Waals surface area contributed by atoms with E-state index in [1.54, 1.807) is 7.11 Å². The van der Waals surface area contributed by atoms with Crippen LogP contribution in [0.3, 0.4) is 0 Å². The van der Waals surface area contributed by atoms with Gasteiger partial charge in [-0.2, -0.15) is 0 Å². The second kappa shape index (κ2) is 4.28. The predicted octanol–water partition coefficient (Wildman–Crippen LogP) is 2.26. The van der Waals surface area contributed by atoms with Crippen molar-refractivity contribution in [1.82, 2.24) is 0 Å². The van der Waals surface area contributed by atoms with Crippen molar-refractivity contribution in [2.45, 2.75) is 32.0 Å². The maximum absolute atomic E-state index is 12.1. The number of ether oxygens (including phenoxy) is 3. The van der Waals surface area contributed by atoms with E-state index in [1.165, 1.54) is 0 Å². The minimum absolute atomic E-state index is 0.333. The Bertz CT molecular complexity index is 438. The van der Waals surface area contributed by atoms with E-state index in [9.17, 15) is 4.79 Å². The third kappa shape index (κ3) is 2.48. The fourth-order valence-electron chi connectivity index (χ4n) is 1.70. The van der Waals surface area contributed by atoms with Crippen molar-refractivity contribution >= 4 is 5.97 Å². The Labute approximate surface area is 107 Å². The number of carbonyl (C=O) groups excluding carboxylic acids is 1. The Hall–Kier alpha value is -1.55. The van der Waals surface area contributed by atoms with E-state index in [4.69, 9.17) is 14.2 Å². The van der Waals surface area contributed by atoms with Crippen LogP contribution in [0, 0.1) is 0 Å². The van der Waals surface area contributed by atoms with E-state index in [0.717, 1.165) is 11.3 Å². The van der Waals surface area contributed by atoms with Crippen molar-refractivity contribution in [3.63, 3.8) is 0 Å². The molecule has 18 heavy (non-hydrogen) atoms. The van der Waals surface area contributed by atoms with Crippen LogP contribution in [0.1, 0.15) is 26.3 Å². The number of epoxide rings is 1. The normalized spacial score (nSPS) is 22.4. The molecule has 4 nitrogen and oxygen atoms in total. The topological polar surface area (TPSA) is 48.1 Å². The zero-order valence-electron chi connectivity index (χ0n) is 11.1. The summed E-state index contributed by atoms with van der Waals surface area (Å²) in [6, 6.07) is 7.28. The minimum Gasteiger partial charge on any atom is -0.497 e. The summed E-state index contributed by atoms with van der Waals surface area (Å²) in [5.41, 5.74) is -0.625. The molecule has 0 radical (unpaired) electrons. The largest absolute Gasteiger partial charge is 0.497 e. The summed E-state index contributed by atoms with van der Waals surface area (Å²) in [5, 5.41) is 0. The molecule has 0 N–H and O–H groups in total. The fourth-order valence-corrected chi connectivity index (χ4v) is 1.70.